The molecule has 3 heteroatoms. The Labute approximate surface area is 140 Å². The first-order valence-corrected chi connectivity index (χ1v) is 7.78. The minimum Gasteiger partial charge on any atom is -0.507 e. The molecule has 24 heavy (non-hydrogen) atoms. The number of hydrogen-bond donors (Lipinski definition) is 1. The Morgan fingerprint density at radius 1 is 0.792 bits per heavy atom. The molecule has 0 aliphatic heterocycles. The van der Waals surface area contributed by atoms with Gasteiger partial charge in [-0.1, -0.05) is 54.1 Å². The third kappa shape index (κ3) is 2.48. The van der Waals surface area contributed by atoms with Crippen LogP contribution in [0.2, 0.25) is 0 Å². The fraction of sp³-hybridized carbons (Fsp3) is 0.143. The summed E-state index contributed by atoms with van der Waals surface area (Å²) in [7, 11) is 0. The van der Waals surface area contributed by atoms with Crippen LogP contribution in [0.4, 0.5) is 0 Å². The highest BCUT2D eigenvalue weighted by Gasteiger charge is 2.25. The number of ketones is 2. The Hall–Kier alpha value is -2.94. The van der Waals surface area contributed by atoms with E-state index in [0.29, 0.717) is 10.9 Å². The van der Waals surface area contributed by atoms with Crippen LogP contribution in [0, 0.1) is 6.92 Å². The third-order valence-corrected chi connectivity index (χ3v) is 4.23. The fourth-order valence-corrected chi connectivity index (χ4v) is 3.14. The molecule has 0 atom stereocenters. The van der Waals surface area contributed by atoms with Gasteiger partial charge in [0.1, 0.15) is 5.75 Å². The number of benzene rings is 3. The first kappa shape index (κ1) is 15.9. The number of rotatable bonds is 3. The maximum Gasteiger partial charge on any atom is 0.164 e. The number of fused-ring (bicyclic) bond motifs is 1. The van der Waals surface area contributed by atoms with Gasteiger partial charge in [-0.05, 0) is 31.7 Å². The number of Topliss-reactive ketones (excluding diaryl/α,β-unsaturated/α-hetero) is 2. The van der Waals surface area contributed by atoms with E-state index in [0.717, 1.165) is 16.5 Å². The van der Waals surface area contributed by atoms with Crippen molar-refractivity contribution in [2.75, 3.05) is 0 Å². The number of carbonyl (C=O) groups is 2. The van der Waals surface area contributed by atoms with Crippen LogP contribution >= 0.6 is 0 Å². The van der Waals surface area contributed by atoms with Crippen LogP contribution in [-0.4, -0.2) is 16.7 Å². The number of phenols is 1. The topological polar surface area (TPSA) is 54.4 Å². The van der Waals surface area contributed by atoms with Crippen LogP contribution in [0.25, 0.3) is 21.9 Å². The minimum atomic E-state index is -0.322. The van der Waals surface area contributed by atoms with Crippen molar-refractivity contribution in [3.63, 3.8) is 0 Å². The lowest BCUT2D eigenvalue weighted by Crippen LogP contribution is -2.08. The molecular weight excluding hydrogens is 300 g/mol. The molecule has 3 aromatic carbocycles. The molecule has 0 bridgehead atoms. The van der Waals surface area contributed by atoms with Gasteiger partial charge in [-0.2, -0.15) is 0 Å². The third-order valence-electron chi connectivity index (χ3n) is 4.23. The molecule has 0 aliphatic carbocycles. The van der Waals surface area contributed by atoms with Crippen molar-refractivity contribution in [3.05, 3.63) is 65.2 Å². The summed E-state index contributed by atoms with van der Waals surface area (Å²) in [6.45, 7) is 4.79. The summed E-state index contributed by atoms with van der Waals surface area (Å²) in [5.74, 6) is -0.687. The van der Waals surface area contributed by atoms with Gasteiger partial charge in [0, 0.05) is 16.5 Å². The van der Waals surface area contributed by atoms with E-state index in [1.807, 2.05) is 43.3 Å². The standard InChI is InChI=1S/C21H18O3/c1-12-8-10-15(11-9-12)20-16-6-4-5-7-17(16)21(24)19(14(3)23)18(20)13(2)22/h4-11,24H,1-3H3. The molecule has 0 amide bonds. The normalized spacial score (nSPS) is 10.8. The van der Waals surface area contributed by atoms with Crippen molar-refractivity contribution in [1.29, 1.82) is 0 Å². The molecule has 0 saturated carbocycles. The molecule has 1 N–H and O–H groups in total. The molecule has 120 valence electrons. The summed E-state index contributed by atoms with van der Waals surface area (Å²) in [4.78, 5) is 24.5. The Kier molecular flexibility index (Phi) is 3.94. The molecule has 0 unspecified atom stereocenters. The lowest BCUT2D eigenvalue weighted by atomic mass is 9.86. The first-order chi connectivity index (χ1) is 11.4. The molecular formula is C21H18O3. The van der Waals surface area contributed by atoms with E-state index in [9.17, 15) is 14.7 Å². The molecule has 0 radical (unpaired) electrons. The molecule has 0 aliphatic rings. The van der Waals surface area contributed by atoms with Crippen molar-refractivity contribution in [3.8, 4) is 16.9 Å². The van der Waals surface area contributed by atoms with Crippen LogP contribution in [0.5, 0.6) is 5.75 Å². The van der Waals surface area contributed by atoms with E-state index in [4.69, 9.17) is 0 Å². The van der Waals surface area contributed by atoms with Gasteiger partial charge in [0.05, 0.1) is 5.56 Å². The second-order valence-electron chi connectivity index (χ2n) is 6.00. The van der Waals surface area contributed by atoms with Gasteiger partial charge in [-0.15, -0.1) is 0 Å². The molecule has 3 nitrogen and oxygen atoms in total. The molecule has 3 aromatic rings. The Bertz CT molecular complexity index is 967. The quantitative estimate of drug-likeness (QED) is 0.697. The van der Waals surface area contributed by atoms with E-state index < -0.39 is 0 Å². The maximum atomic E-state index is 12.4. The highest BCUT2D eigenvalue weighted by atomic mass is 16.3. The van der Waals surface area contributed by atoms with Gasteiger partial charge in [-0.3, -0.25) is 9.59 Å². The molecule has 0 fully saturated rings. The Balaban J connectivity index is 2.56. The highest BCUT2D eigenvalue weighted by molar-refractivity contribution is 6.20. The summed E-state index contributed by atoms with van der Waals surface area (Å²) < 4.78 is 0. The van der Waals surface area contributed by atoms with E-state index in [1.165, 1.54) is 13.8 Å². The largest absolute Gasteiger partial charge is 0.507 e. The van der Waals surface area contributed by atoms with Crippen molar-refractivity contribution < 1.29 is 14.7 Å². The average molecular weight is 318 g/mol. The van der Waals surface area contributed by atoms with E-state index in [-0.39, 0.29) is 28.4 Å². The van der Waals surface area contributed by atoms with Gasteiger partial charge < -0.3 is 5.11 Å². The smallest absolute Gasteiger partial charge is 0.164 e. The summed E-state index contributed by atoms with van der Waals surface area (Å²) in [6, 6.07) is 15.1. The zero-order chi connectivity index (χ0) is 17.4. The van der Waals surface area contributed by atoms with Crippen LogP contribution in [0.15, 0.2) is 48.5 Å². The number of aromatic hydroxyl groups is 1. The van der Waals surface area contributed by atoms with Crippen LogP contribution in [0.3, 0.4) is 0 Å². The van der Waals surface area contributed by atoms with E-state index in [1.54, 1.807) is 12.1 Å². The lowest BCUT2D eigenvalue weighted by molar-refractivity contribution is 0.0979. The van der Waals surface area contributed by atoms with Crippen LogP contribution in [-0.2, 0) is 0 Å². The van der Waals surface area contributed by atoms with Gasteiger partial charge in [0.15, 0.2) is 11.6 Å². The minimum absolute atomic E-state index is 0.0942. The van der Waals surface area contributed by atoms with Gasteiger partial charge in [0.25, 0.3) is 0 Å². The predicted octanol–water partition coefficient (Wildman–Crippen LogP) is 4.93. The monoisotopic (exact) mass is 318 g/mol. The summed E-state index contributed by atoms with van der Waals surface area (Å²) in [5.41, 5.74) is 3.03. The van der Waals surface area contributed by atoms with Gasteiger partial charge in [-0.25, -0.2) is 0 Å². The van der Waals surface area contributed by atoms with Crippen molar-refractivity contribution in [2.45, 2.75) is 20.8 Å². The molecule has 0 spiro atoms. The average Bonchev–Trinajstić information content (AvgIpc) is 2.55. The maximum absolute atomic E-state index is 12.4. The number of hydrogen-bond acceptors (Lipinski definition) is 3. The Morgan fingerprint density at radius 3 is 1.88 bits per heavy atom. The lowest BCUT2D eigenvalue weighted by Gasteiger charge is -2.17. The summed E-state index contributed by atoms with van der Waals surface area (Å²) >= 11 is 0. The van der Waals surface area contributed by atoms with Crippen molar-refractivity contribution in [2.24, 2.45) is 0 Å². The second kappa shape index (κ2) is 5.93. The molecule has 0 heterocycles. The summed E-state index contributed by atoms with van der Waals surface area (Å²) in [5, 5.41) is 11.9. The molecule has 0 aromatic heterocycles. The number of aryl methyl sites for hydroxylation is 1. The van der Waals surface area contributed by atoms with E-state index in [2.05, 4.69) is 0 Å². The predicted molar refractivity (Wildman–Crippen MR) is 95.8 cm³/mol. The number of phenolic OH excluding ortho intramolecular Hbond substituents is 1. The van der Waals surface area contributed by atoms with Crippen molar-refractivity contribution in [1.82, 2.24) is 0 Å². The molecule has 0 saturated heterocycles. The van der Waals surface area contributed by atoms with E-state index >= 15 is 0 Å². The van der Waals surface area contributed by atoms with Gasteiger partial charge in [0.2, 0.25) is 0 Å². The van der Waals surface area contributed by atoms with Crippen molar-refractivity contribution >= 4 is 22.3 Å². The Morgan fingerprint density at radius 2 is 1.33 bits per heavy atom. The second-order valence-corrected chi connectivity index (χ2v) is 6.00. The number of carbonyl (C=O) groups excluding carboxylic acids is 2. The van der Waals surface area contributed by atoms with Crippen LogP contribution in [0.1, 0.15) is 40.1 Å². The fourth-order valence-electron chi connectivity index (χ4n) is 3.14. The summed E-state index contributed by atoms with van der Waals surface area (Å²) in [6.07, 6.45) is 0. The highest BCUT2D eigenvalue weighted by Crippen LogP contribution is 2.41. The first-order valence-electron chi connectivity index (χ1n) is 7.78. The van der Waals surface area contributed by atoms with Gasteiger partial charge >= 0.3 is 0 Å². The zero-order valence-corrected chi connectivity index (χ0v) is 13.9. The molecule has 3 rings (SSSR count). The SMILES string of the molecule is CC(=O)c1c(C(C)=O)c(-c2ccc(C)cc2)c2ccccc2c1O. The zero-order valence-electron chi connectivity index (χ0n) is 13.9. The van der Waals surface area contributed by atoms with Crippen LogP contribution < -0.4 is 0 Å².